The van der Waals surface area contributed by atoms with E-state index in [-0.39, 0.29) is 22.7 Å². The maximum absolute atomic E-state index is 13.8. The van der Waals surface area contributed by atoms with E-state index in [0.29, 0.717) is 28.7 Å². The Morgan fingerprint density at radius 3 is 2.35 bits per heavy atom. The molecule has 0 atom stereocenters. The van der Waals surface area contributed by atoms with Crippen molar-refractivity contribution >= 4 is 23.1 Å². The number of amides is 2. The van der Waals surface area contributed by atoms with E-state index in [1.807, 2.05) is 39.8 Å². The third-order valence-electron chi connectivity index (χ3n) is 5.75. The van der Waals surface area contributed by atoms with Crippen LogP contribution in [0.25, 0.3) is 28.2 Å². The second-order valence-electron chi connectivity index (χ2n) is 9.58. The first-order valence-electron chi connectivity index (χ1n) is 11.2. The van der Waals surface area contributed by atoms with Gasteiger partial charge in [0.2, 0.25) is 5.91 Å². The SMILES string of the molecule is Cc1ccc(-c2cn3nc(-c4ccc(C(=O)NO)cc4C(F)(F)F)ccc3n2)cc1NC(=O)C(C)(C)C. The summed E-state index contributed by atoms with van der Waals surface area (Å²) in [5, 5.41) is 16.0. The molecule has 4 aromatic rings. The third kappa shape index (κ3) is 5.31. The summed E-state index contributed by atoms with van der Waals surface area (Å²) < 4.78 is 42.7. The molecule has 0 saturated carbocycles. The van der Waals surface area contributed by atoms with Crippen molar-refractivity contribution in [3.8, 4) is 22.5 Å². The molecule has 0 aliphatic carbocycles. The molecule has 0 fully saturated rings. The zero-order valence-electron chi connectivity index (χ0n) is 20.4. The Kier molecular flexibility index (Phi) is 6.51. The average molecular weight is 512 g/mol. The number of rotatable bonds is 4. The van der Waals surface area contributed by atoms with Gasteiger partial charge < -0.3 is 5.32 Å². The molecule has 2 heterocycles. The Labute approximate surface area is 210 Å². The largest absolute Gasteiger partial charge is 0.417 e. The van der Waals surface area contributed by atoms with Crippen LogP contribution in [0.4, 0.5) is 18.9 Å². The smallest absolute Gasteiger partial charge is 0.325 e. The van der Waals surface area contributed by atoms with E-state index in [0.717, 1.165) is 11.6 Å². The molecule has 0 aliphatic heterocycles. The van der Waals surface area contributed by atoms with Gasteiger partial charge in [0, 0.05) is 27.8 Å². The number of anilines is 1. The summed E-state index contributed by atoms with van der Waals surface area (Å²) in [4.78, 5) is 28.6. The molecule has 2 amide bonds. The minimum absolute atomic E-state index is 0.0155. The molecular formula is C26H24F3N5O3. The fraction of sp³-hybridized carbons (Fsp3) is 0.231. The number of imidazole rings is 1. The number of carbonyl (C=O) groups excluding carboxylic acids is 2. The molecule has 0 aliphatic rings. The lowest BCUT2D eigenvalue weighted by molar-refractivity contribution is -0.137. The van der Waals surface area contributed by atoms with E-state index < -0.39 is 23.1 Å². The number of aromatic nitrogens is 3. The minimum atomic E-state index is -4.77. The van der Waals surface area contributed by atoms with Crippen LogP contribution in [0.1, 0.15) is 42.3 Å². The number of hydroxylamine groups is 1. The van der Waals surface area contributed by atoms with Gasteiger partial charge in [-0.3, -0.25) is 14.8 Å². The number of fused-ring (bicyclic) bond motifs is 1. The van der Waals surface area contributed by atoms with Crippen molar-refractivity contribution in [3.63, 3.8) is 0 Å². The molecule has 0 bridgehead atoms. The van der Waals surface area contributed by atoms with E-state index >= 15 is 0 Å². The normalized spacial score (nSPS) is 12.0. The fourth-order valence-electron chi connectivity index (χ4n) is 3.60. The van der Waals surface area contributed by atoms with Crippen LogP contribution in [-0.2, 0) is 11.0 Å². The van der Waals surface area contributed by atoms with Crippen LogP contribution in [0.15, 0.2) is 54.7 Å². The highest BCUT2D eigenvalue weighted by molar-refractivity contribution is 5.96. The zero-order valence-corrected chi connectivity index (χ0v) is 20.4. The molecule has 2 aromatic heterocycles. The van der Waals surface area contributed by atoms with Gasteiger partial charge in [0.15, 0.2) is 5.65 Å². The minimum Gasteiger partial charge on any atom is -0.325 e. The maximum atomic E-state index is 13.8. The third-order valence-corrected chi connectivity index (χ3v) is 5.75. The van der Waals surface area contributed by atoms with E-state index in [2.05, 4.69) is 15.4 Å². The number of halogens is 3. The quantitative estimate of drug-likeness (QED) is 0.248. The predicted octanol–water partition coefficient (Wildman–Crippen LogP) is 5.49. The van der Waals surface area contributed by atoms with Crippen LogP contribution in [0, 0.1) is 12.3 Å². The van der Waals surface area contributed by atoms with Crippen molar-refractivity contribution < 1.29 is 28.0 Å². The Hall–Kier alpha value is -4.25. The summed E-state index contributed by atoms with van der Waals surface area (Å²) in [7, 11) is 0. The summed E-state index contributed by atoms with van der Waals surface area (Å²) in [6.07, 6.45) is -3.19. The number of hydrogen-bond acceptors (Lipinski definition) is 5. The highest BCUT2D eigenvalue weighted by Gasteiger charge is 2.35. The molecular weight excluding hydrogens is 487 g/mol. The van der Waals surface area contributed by atoms with Gasteiger partial charge in [0.1, 0.15) is 0 Å². The summed E-state index contributed by atoms with van der Waals surface area (Å²) >= 11 is 0. The Bertz CT molecular complexity index is 1520. The van der Waals surface area contributed by atoms with Crippen LogP contribution in [0.5, 0.6) is 0 Å². The van der Waals surface area contributed by atoms with Crippen molar-refractivity contribution in [2.75, 3.05) is 5.32 Å². The highest BCUT2D eigenvalue weighted by atomic mass is 19.4. The lowest BCUT2D eigenvalue weighted by Crippen LogP contribution is -2.27. The first kappa shape index (κ1) is 25.8. The van der Waals surface area contributed by atoms with Gasteiger partial charge in [-0.2, -0.15) is 18.3 Å². The summed E-state index contributed by atoms with van der Waals surface area (Å²) in [5.41, 5.74) is 2.22. The van der Waals surface area contributed by atoms with Crippen molar-refractivity contribution in [2.24, 2.45) is 5.41 Å². The molecule has 0 spiro atoms. The predicted molar refractivity (Wildman–Crippen MR) is 131 cm³/mol. The van der Waals surface area contributed by atoms with Gasteiger partial charge in [-0.25, -0.2) is 15.0 Å². The van der Waals surface area contributed by atoms with E-state index in [1.54, 1.807) is 12.3 Å². The zero-order chi connectivity index (χ0) is 27.1. The molecule has 0 saturated heterocycles. The Balaban J connectivity index is 1.74. The first-order valence-corrected chi connectivity index (χ1v) is 11.2. The van der Waals surface area contributed by atoms with Gasteiger partial charge in [0.05, 0.1) is 23.1 Å². The number of hydrogen-bond donors (Lipinski definition) is 3. The van der Waals surface area contributed by atoms with E-state index in [9.17, 15) is 22.8 Å². The molecule has 4 rings (SSSR count). The van der Waals surface area contributed by atoms with Gasteiger partial charge in [-0.05, 0) is 42.8 Å². The molecule has 3 N–H and O–H groups in total. The summed E-state index contributed by atoms with van der Waals surface area (Å²) in [6, 6.07) is 11.4. The number of aryl methyl sites for hydroxylation is 1. The van der Waals surface area contributed by atoms with Gasteiger partial charge in [-0.1, -0.05) is 39.0 Å². The highest BCUT2D eigenvalue weighted by Crippen LogP contribution is 2.37. The Morgan fingerprint density at radius 2 is 1.70 bits per heavy atom. The second kappa shape index (κ2) is 9.32. The van der Waals surface area contributed by atoms with Crippen LogP contribution in [0.3, 0.4) is 0 Å². The van der Waals surface area contributed by atoms with Crippen molar-refractivity contribution in [1.82, 2.24) is 20.1 Å². The van der Waals surface area contributed by atoms with Gasteiger partial charge in [-0.15, -0.1) is 0 Å². The van der Waals surface area contributed by atoms with E-state index in [4.69, 9.17) is 5.21 Å². The van der Waals surface area contributed by atoms with Crippen LogP contribution < -0.4 is 10.8 Å². The second-order valence-corrected chi connectivity index (χ2v) is 9.58. The molecule has 37 heavy (non-hydrogen) atoms. The molecule has 0 radical (unpaired) electrons. The standard InChI is InChI=1S/C26H24F3N5O3/c1-14-5-6-15(12-20(14)31-24(36)25(2,3)4)21-13-34-22(30-21)10-9-19(32-34)17-8-7-16(23(35)33-37)11-18(17)26(27,28)29/h5-13,37H,1-4H3,(H,31,36)(H,33,35). The maximum Gasteiger partial charge on any atom is 0.417 e. The molecule has 11 heteroatoms. The average Bonchev–Trinajstić information content (AvgIpc) is 3.26. The summed E-state index contributed by atoms with van der Waals surface area (Å²) in [6.45, 7) is 7.30. The van der Waals surface area contributed by atoms with Crippen molar-refractivity contribution in [1.29, 1.82) is 0 Å². The molecule has 2 aromatic carbocycles. The topological polar surface area (TPSA) is 109 Å². The number of nitrogens with zero attached hydrogens (tertiary/aromatic N) is 3. The monoisotopic (exact) mass is 511 g/mol. The van der Waals surface area contributed by atoms with Gasteiger partial charge in [0.25, 0.3) is 5.91 Å². The lowest BCUT2D eigenvalue weighted by atomic mass is 9.95. The molecule has 192 valence electrons. The van der Waals surface area contributed by atoms with E-state index in [1.165, 1.54) is 28.2 Å². The molecule has 0 unspecified atom stereocenters. The van der Waals surface area contributed by atoms with Crippen molar-refractivity contribution in [2.45, 2.75) is 33.9 Å². The number of benzene rings is 2. The van der Waals surface area contributed by atoms with Gasteiger partial charge >= 0.3 is 6.18 Å². The number of alkyl halides is 3. The first-order chi connectivity index (χ1) is 17.3. The summed E-state index contributed by atoms with van der Waals surface area (Å²) in [5.74, 6) is -1.20. The van der Waals surface area contributed by atoms with Crippen LogP contribution in [-0.4, -0.2) is 31.6 Å². The fourth-order valence-corrected chi connectivity index (χ4v) is 3.60. The lowest BCUT2D eigenvalue weighted by Gasteiger charge is -2.19. The van der Waals surface area contributed by atoms with Crippen LogP contribution in [0.2, 0.25) is 0 Å². The number of carbonyl (C=O) groups is 2. The van der Waals surface area contributed by atoms with Crippen LogP contribution >= 0.6 is 0 Å². The van der Waals surface area contributed by atoms with Crippen molar-refractivity contribution in [3.05, 3.63) is 71.4 Å². The number of nitrogens with one attached hydrogen (secondary N) is 2. The Morgan fingerprint density at radius 1 is 0.973 bits per heavy atom. The molecule has 8 nitrogen and oxygen atoms in total.